The minimum absolute atomic E-state index is 0.449. The van der Waals surface area contributed by atoms with Crippen LogP contribution in [0.2, 0.25) is 0 Å². The van der Waals surface area contributed by atoms with Crippen molar-refractivity contribution in [3.8, 4) is 0 Å². The fraction of sp³-hybridized carbons (Fsp3) is 0.467. The number of nitrogens with zero attached hydrogens (tertiary/aromatic N) is 2. The molecule has 0 N–H and O–H groups in total. The van der Waals surface area contributed by atoms with E-state index in [9.17, 15) is 17.6 Å². The van der Waals surface area contributed by atoms with Crippen LogP contribution in [0, 0.1) is 23.3 Å². The first-order valence-electron chi connectivity index (χ1n) is 6.77. The molecule has 21 heavy (non-hydrogen) atoms. The molecule has 0 amide bonds. The molecule has 0 fully saturated rings. The van der Waals surface area contributed by atoms with E-state index in [1.807, 2.05) is 18.7 Å². The Hall–Kier alpha value is -1.56. The molecule has 0 bridgehead atoms. The minimum Gasteiger partial charge on any atom is -0.373 e. The second-order valence-corrected chi connectivity index (χ2v) is 4.80. The predicted molar refractivity (Wildman–Crippen MR) is 77.4 cm³/mol. The van der Waals surface area contributed by atoms with Gasteiger partial charge in [0.1, 0.15) is 5.69 Å². The van der Waals surface area contributed by atoms with Gasteiger partial charge in [0, 0.05) is 20.6 Å². The fourth-order valence-electron chi connectivity index (χ4n) is 1.98. The van der Waals surface area contributed by atoms with Gasteiger partial charge < -0.3 is 9.80 Å². The monoisotopic (exact) mass is 304 g/mol. The zero-order valence-electron chi connectivity index (χ0n) is 12.7. The van der Waals surface area contributed by atoms with Crippen molar-refractivity contribution >= 4 is 11.8 Å². The van der Waals surface area contributed by atoms with Crippen molar-refractivity contribution in [1.29, 1.82) is 0 Å². The second-order valence-electron chi connectivity index (χ2n) is 4.80. The molecule has 0 aliphatic carbocycles. The molecule has 2 nitrogen and oxygen atoms in total. The molecule has 0 aliphatic heterocycles. The lowest BCUT2D eigenvalue weighted by molar-refractivity contribution is 0.338. The van der Waals surface area contributed by atoms with Crippen molar-refractivity contribution in [3.05, 3.63) is 34.9 Å². The van der Waals surface area contributed by atoms with Crippen LogP contribution in [-0.2, 0) is 0 Å². The van der Waals surface area contributed by atoms with Gasteiger partial charge in [-0.2, -0.15) is 0 Å². The van der Waals surface area contributed by atoms with Crippen molar-refractivity contribution in [3.63, 3.8) is 0 Å². The van der Waals surface area contributed by atoms with Crippen molar-refractivity contribution in [1.82, 2.24) is 4.90 Å². The van der Waals surface area contributed by atoms with E-state index in [0.717, 1.165) is 24.1 Å². The maximum absolute atomic E-state index is 13.9. The number of benzene rings is 1. The number of likely N-dealkylation sites (N-methyl/N-ethyl adjacent to an activating group) is 1. The average Bonchev–Trinajstić information content (AvgIpc) is 2.44. The van der Waals surface area contributed by atoms with Gasteiger partial charge in [-0.05, 0) is 13.1 Å². The molecule has 0 spiro atoms. The molecule has 0 atom stereocenters. The maximum Gasteiger partial charge on any atom is 0.185 e. The van der Waals surface area contributed by atoms with Crippen LogP contribution in [0.1, 0.15) is 19.4 Å². The zero-order valence-corrected chi connectivity index (χ0v) is 12.7. The molecule has 0 aromatic heterocycles. The molecule has 0 heterocycles. The van der Waals surface area contributed by atoms with Crippen LogP contribution in [0.5, 0.6) is 0 Å². The van der Waals surface area contributed by atoms with E-state index in [-0.39, 0.29) is 0 Å². The van der Waals surface area contributed by atoms with Crippen LogP contribution >= 0.6 is 0 Å². The minimum atomic E-state index is -1.39. The van der Waals surface area contributed by atoms with Gasteiger partial charge in [0.15, 0.2) is 23.3 Å². The summed E-state index contributed by atoms with van der Waals surface area (Å²) in [4.78, 5) is 2.99. The van der Waals surface area contributed by atoms with E-state index in [1.54, 1.807) is 0 Å². The topological polar surface area (TPSA) is 6.48 Å². The van der Waals surface area contributed by atoms with Crippen LogP contribution < -0.4 is 4.90 Å². The lowest BCUT2D eigenvalue weighted by Crippen LogP contribution is -2.22. The summed E-state index contributed by atoms with van der Waals surface area (Å²) in [6.07, 6.45) is 2.57. The highest BCUT2D eigenvalue weighted by Crippen LogP contribution is 2.30. The van der Waals surface area contributed by atoms with E-state index in [0.29, 0.717) is 6.54 Å². The van der Waals surface area contributed by atoms with E-state index in [1.165, 1.54) is 20.2 Å². The van der Waals surface area contributed by atoms with Crippen molar-refractivity contribution in [2.24, 2.45) is 0 Å². The molecular weight excluding hydrogens is 284 g/mol. The number of rotatable bonds is 6. The van der Waals surface area contributed by atoms with Crippen LogP contribution in [0.25, 0.3) is 6.08 Å². The number of anilines is 1. The summed E-state index contributed by atoms with van der Waals surface area (Å²) in [5.74, 6) is -5.54. The molecule has 1 rings (SSSR count). The van der Waals surface area contributed by atoms with E-state index >= 15 is 0 Å². The molecule has 0 saturated carbocycles. The Labute approximate surface area is 122 Å². The van der Waals surface area contributed by atoms with Gasteiger partial charge in [-0.15, -0.1) is 0 Å². The van der Waals surface area contributed by atoms with E-state index < -0.39 is 34.5 Å². The molecule has 118 valence electrons. The van der Waals surface area contributed by atoms with Gasteiger partial charge in [-0.3, -0.25) is 0 Å². The normalized spacial score (nSPS) is 11.7. The number of hydrogen-bond acceptors (Lipinski definition) is 2. The second kappa shape index (κ2) is 7.45. The van der Waals surface area contributed by atoms with Gasteiger partial charge >= 0.3 is 0 Å². The molecule has 0 radical (unpaired) electrons. The molecule has 0 aliphatic rings. The maximum atomic E-state index is 13.9. The van der Waals surface area contributed by atoms with Crippen molar-refractivity contribution in [2.45, 2.75) is 13.8 Å². The fourth-order valence-corrected chi connectivity index (χ4v) is 1.98. The molecule has 1 aromatic carbocycles. The largest absolute Gasteiger partial charge is 0.373 e. The van der Waals surface area contributed by atoms with Crippen LogP contribution in [0.15, 0.2) is 6.08 Å². The third-order valence-corrected chi connectivity index (χ3v) is 3.26. The predicted octanol–water partition coefficient (Wildman–Crippen LogP) is 3.66. The Morgan fingerprint density at radius 3 is 1.71 bits per heavy atom. The van der Waals surface area contributed by atoms with Crippen LogP contribution in [-0.4, -0.2) is 38.6 Å². The first-order valence-corrected chi connectivity index (χ1v) is 6.77. The Kier molecular flexibility index (Phi) is 6.20. The Morgan fingerprint density at radius 1 is 0.857 bits per heavy atom. The summed E-state index contributed by atoms with van der Waals surface area (Å²) in [7, 11) is 2.63. The summed E-state index contributed by atoms with van der Waals surface area (Å²) in [6, 6.07) is 0. The lowest BCUT2D eigenvalue weighted by Gasteiger charge is -2.17. The highest BCUT2D eigenvalue weighted by Gasteiger charge is 2.25. The average molecular weight is 304 g/mol. The van der Waals surface area contributed by atoms with Crippen molar-refractivity contribution in [2.75, 3.05) is 38.6 Å². The first kappa shape index (κ1) is 17.5. The summed E-state index contributed by atoms with van der Waals surface area (Å²) >= 11 is 0. The zero-order chi connectivity index (χ0) is 16.2. The van der Waals surface area contributed by atoms with Crippen molar-refractivity contribution < 1.29 is 17.6 Å². The molecule has 6 heteroatoms. The quantitative estimate of drug-likeness (QED) is 0.584. The van der Waals surface area contributed by atoms with Gasteiger partial charge in [-0.1, -0.05) is 26.0 Å². The highest BCUT2D eigenvalue weighted by atomic mass is 19.2. The van der Waals surface area contributed by atoms with Gasteiger partial charge in [-0.25, -0.2) is 17.6 Å². The third kappa shape index (κ3) is 3.75. The molecule has 0 saturated heterocycles. The Bertz CT molecular complexity index is 494. The SMILES string of the molecule is CCN(CC)CC=Cc1c(F)c(F)c(N(C)C)c(F)c1F. The first-order chi connectivity index (χ1) is 9.84. The van der Waals surface area contributed by atoms with E-state index in [4.69, 9.17) is 0 Å². The molecule has 1 aromatic rings. The van der Waals surface area contributed by atoms with Crippen LogP contribution in [0.3, 0.4) is 0 Å². The smallest absolute Gasteiger partial charge is 0.185 e. The van der Waals surface area contributed by atoms with E-state index in [2.05, 4.69) is 0 Å². The van der Waals surface area contributed by atoms with Gasteiger partial charge in [0.25, 0.3) is 0 Å². The summed E-state index contributed by atoms with van der Waals surface area (Å²) in [5.41, 5.74) is -1.41. The lowest BCUT2D eigenvalue weighted by atomic mass is 10.1. The standard InChI is InChI=1S/C15H20F4N2/c1-5-21(6-2)9-7-8-10-11(16)13(18)15(20(3)4)14(19)12(10)17/h7-8H,5-6,9H2,1-4H3. The summed E-state index contributed by atoms with van der Waals surface area (Å²) < 4.78 is 55.4. The number of halogens is 4. The number of hydrogen-bond donors (Lipinski definition) is 0. The van der Waals surface area contributed by atoms with Gasteiger partial charge in [0.2, 0.25) is 0 Å². The Balaban J connectivity index is 3.18. The van der Waals surface area contributed by atoms with Gasteiger partial charge in [0.05, 0.1) is 5.56 Å². The third-order valence-electron chi connectivity index (χ3n) is 3.26. The molecular formula is C15H20F4N2. The summed E-state index contributed by atoms with van der Waals surface area (Å²) in [5, 5.41) is 0. The highest BCUT2D eigenvalue weighted by molar-refractivity contribution is 5.59. The van der Waals surface area contributed by atoms with Crippen LogP contribution in [0.4, 0.5) is 23.2 Å². The summed E-state index contributed by atoms with van der Waals surface area (Å²) in [6.45, 7) is 5.89. The molecule has 0 unspecified atom stereocenters. The Morgan fingerprint density at radius 2 is 1.33 bits per heavy atom.